The maximum atomic E-state index is 14.3. The first-order valence-corrected chi connectivity index (χ1v) is 6.72. The Hall–Kier alpha value is -0.500. The van der Waals surface area contributed by atoms with Crippen molar-refractivity contribution in [2.24, 2.45) is 0 Å². The van der Waals surface area contributed by atoms with E-state index >= 15 is 0 Å². The largest absolute Gasteiger partial charge is 0.274 e. The van der Waals surface area contributed by atoms with E-state index in [2.05, 4.69) is 0 Å². The van der Waals surface area contributed by atoms with E-state index in [-0.39, 0.29) is 0 Å². The van der Waals surface area contributed by atoms with Crippen LogP contribution in [0.25, 0.3) is 0 Å². The molecule has 0 N–H and O–H groups in total. The van der Waals surface area contributed by atoms with Gasteiger partial charge in [-0.2, -0.15) is 4.39 Å². The zero-order chi connectivity index (χ0) is 11.9. The number of thioether (sulfide) groups is 1. The first-order valence-electron chi connectivity index (χ1n) is 4.30. The number of hydrogen-bond donors (Lipinski definition) is 0. The second kappa shape index (κ2) is 2.50. The first-order chi connectivity index (χ1) is 7.28. The maximum absolute atomic E-state index is 14.3. The molecule has 0 radical (unpaired) electrons. The van der Waals surface area contributed by atoms with Gasteiger partial charge in [0.2, 0.25) is 15.5 Å². The van der Waals surface area contributed by atoms with Crippen LogP contribution in [0.15, 0.2) is 23.1 Å². The van der Waals surface area contributed by atoms with Crippen LogP contribution in [0.1, 0.15) is 0 Å². The molecule has 3 aliphatic heterocycles. The monoisotopic (exact) mass is 272 g/mol. The third kappa shape index (κ3) is 0.710. The van der Waals surface area contributed by atoms with Crippen LogP contribution in [0.4, 0.5) is 17.6 Å². The highest BCUT2D eigenvalue weighted by Gasteiger charge is 2.83. The standard InChI is InChI=1S/C8H4F4O2S2/c9-5-6(10)16(13,14)8(12)4-2-1-3(15-4)7(5,8)11/h1-4H. The fourth-order valence-electron chi connectivity index (χ4n) is 2.30. The van der Waals surface area contributed by atoms with Crippen molar-refractivity contribution in [1.29, 1.82) is 0 Å². The summed E-state index contributed by atoms with van der Waals surface area (Å²) in [5, 5.41) is -8.58. The molecule has 3 aliphatic rings. The molecule has 0 aromatic carbocycles. The number of sulfone groups is 1. The Morgan fingerprint density at radius 3 is 2.31 bits per heavy atom. The molecular formula is C8H4F4O2S2. The quantitative estimate of drug-likeness (QED) is 0.499. The summed E-state index contributed by atoms with van der Waals surface area (Å²) >= 11 is 0.648. The smallest absolute Gasteiger partial charge is 0.229 e. The first kappa shape index (κ1) is 10.6. The Morgan fingerprint density at radius 2 is 1.75 bits per heavy atom. The van der Waals surface area contributed by atoms with Crippen molar-refractivity contribution in [1.82, 2.24) is 0 Å². The minimum atomic E-state index is -5.22. The summed E-state index contributed by atoms with van der Waals surface area (Å²) in [5.41, 5.74) is -3.42. The van der Waals surface area contributed by atoms with Crippen molar-refractivity contribution in [2.75, 3.05) is 0 Å². The molecule has 1 saturated heterocycles. The van der Waals surface area contributed by atoms with E-state index < -0.39 is 42.0 Å². The van der Waals surface area contributed by atoms with Gasteiger partial charge in [0.1, 0.15) is 0 Å². The highest BCUT2D eigenvalue weighted by molar-refractivity contribution is 8.04. The molecule has 2 bridgehead atoms. The van der Waals surface area contributed by atoms with E-state index in [4.69, 9.17) is 0 Å². The van der Waals surface area contributed by atoms with Crippen molar-refractivity contribution in [2.45, 2.75) is 21.2 Å². The highest BCUT2D eigenvalue weighted by Crippen LogP contribution is 2.67. The van der Waals surface area contributed by atoms with E-state index in [0.29, 0.717) is 11.8 Å². The van der Waals surface area contributed by atoms with Gasteiger partial charge in [0.15, 0.2) is 5.83 Å². The Bertz CT molecular complexity index is 554. The fourth-order valence-corrected chi connectivity index (χ4v) is 6.05. The Morgan fingerprint density at radius 1 is 1.19 bits per heavy atom. The summed E-state index contributed by atoms with van der Waals surface area (Å²) in [4.78, 5) is 0. The zero-order valence-electron chi connectivity index (χ0n) is 7.45. The second-order valence-electron chi connectivity index (χ2n) is 3.81. The van der Waals surface area contributed by atoms with E-state index in [9.17, 15) is 26.0 Å². The number of hydrogen-bond acceptors (Lipinski definition) is 3. The van der Waals surface area contributed by atoms with Crippen molar-refractivity contribution in [3.63, 3.8) is 0 Å². The van der Waals surface area contributed by atoms with Crippen LogP contribution in [0.5, 0.6) is 0 Å². The van der Waals surface area contributed by atoms with Crippen LogP contribution in [-0.2, 0) is 9.84 Å². The average Bonchev–Trinajstić information content (AvgIpc) is 2.81. The number of alkyl halides is 2. The Labute approximate surface area is 92.3 Å². The van der Waals surface area contributed by atoms with Crippen LogP contribution < -0.4 is 0 Å². The van der Waals surface area contributed by atoms with Gasteiger partial charge in [0, 0.05) is 0 Å². The molecule has 0 aliphatic carbocycles. The summed E-state index contributed by atoms with van der Waals surface area (Å²) in [6, 6.07) is 0. The van der Waals surface area contributed by atoms with Crippen LogP contribution in [-0.4, -0.2) is 29.6 Å². The minimum Gasteiger partial charge on any atom is -0.229 e. The van der Waals surface area contributed by atoms with E-state index in [1.807, 2.05) is 0 Å². The van der Waals surface area contributed by atoms with Gasteiger partial charge < -0.3 is 0 Å². The van der Waals surface area contributed by atoms with E-state index in [1.54, 1.807) is 0 Å². The van der Waals surface area contributed by atoms with Crippen molar-refractivity contribution >= 4 is 21.6 Å². The van der Waals surface area contributed by atoms with Gasteiger partial charge in [-0.25, -0.2) is 21.6 Å². The molecule has 0 aromatic rings. The average molecular weight is 272 g/mol. The van der Waals surface area contributed by atoms with Crippen LogP contribution in [0.2, 0.25) is 0 Å². The molecule has 0 saturated carbocycles. The predicted octanol–water partition coefficient (Wildman–Crippen LogP) is 1.95. The lowest BCUT2D eigenvalue weighted by molar-refractivity contribution is 0.0556. The molecule has 2 nitrogen and oxygen atoms in total. The highest BCUT2D eigenvalue weighted by atomic mass is 32.2. The normalized spacial score (nSPS) is 52.5. The fraction of sp³-hybridized carbons (Fsp3) is 0.500. The molecule has 3 heterocycles. The summed E-state index contributed by atoms with van der Waals surface area (Å²) in [7, 11) is -5.22. The number of allylic oxidation sites excluding steroid dienone is 1. The van der Waals surface area contributed by atoms with E-state index in [1.165, 1.54) is 6.08 Å². The van der Waals surface area contributed by atoms with Crippen molar-refractivity contribution in [3.8, 4) is 0 Å². The summed E-state index contributed by atoms with van der Waals surface area (Å²) in [6.45, 7) is 0. The van der Waals surface area contributed by atoms with Crippen LogP contribution in [0, 0.1) is 0 Å². The molecule has 3 rings (SSSR count). The van der Waals surface area contributed by atoms with Crippen LogP contribution >= 0.6 is 11.8 Å². The predicted molar refractivity (Wildman–Crippen MR) is 50.1 cm³/mol. The number of fused-ring (bicyclic) bond motifs is 5. The van der Waals surface area contributed by atoms with Gasteiger partial charge in [-0.3, -0.25) is 0 Å². The lowest BCUT2D eigenvalue weighted by Gasteiger charge is -2.30. The molecule has 1 fully saturated rings. The molecule has 4 atom stereocenters. The van der Waals surface area contributed by atoms with Gasteiger partial charge in [0.05, 0.1) is 10.5 Å². The van der Waals surface area contributed by atoms with E-state index in [0.717, 1.165) is 6.08 Å². The zero-order valence-corrected chi connectivity index (χ0v) is 9.09. The van der Waals surface area contributed by atoms with Crippen LogP contribution in [0.3, 0.4) is 0 Å². The Balaban J connectivity index is 2.40. The van der Waals surface area contributed by atoms with Gasteiger partial charge in [-0.1, -0.05) is 12.2 Å². The van der Waals surface area contributed by atoms with Crippen molar-refractivity contribution < 1.29 is 26.0 Å². The molecule has 0 spiro atoms. The molecular weight excluding hydrogens is 268 g/mol. The Kier molecular flexibility index (Phi) is 1.66. The van der Waals surface area contributed by atoms with Gasteiger partial charge in [-0.05, 0) is 0 Å². The summed E-state index contributed by atoms with van der Waals surface area (Å²) in [5.74, 6) is -2.14. The molecule has 0 amide bonds. The summed E-state index contributed by atoms with van der Waals surface area (Å²) < 4.78 is 77.6. The molecule has 8 heteroatoms. The lowest BCUT2D eigenvalue weighted by Crippen LogP contribution is -2.55. The molecule has 4 unspecified atom stereocenters. The lowest BCUT2D eigenvalue weighted by atomic mass is 9.88. The minimum absolute atomic E-state index is 0.648. The molecule has 16 heavy (non-hydrogen) atoms. The molecule has 0 aromatic heterocycles. The second-order valence-corrected chi connectivity index (χ2v) is 7.06. The van der Waals surface area contributed by atoms with Gasteiger partial charge >= 0.3 is 0 Å². The third-order valence-corrected chi connectivity index (χ3v) is 6.81. The number of rotatable bonds is 0. The van der Waals surface area contributed by atoms with Gasteiger partial charge in [0.25, 0.3) is 10.2 Å². The third-order valence-electron chi connectivity index (χ3n) is 3.13. The van der Waals surface area contributed by atoms with Crippen molar-refractivity contribution in [3.05, 3.63) is 23.1 Å². The maximum Gasteiger partial charge on any atom is 0.274 e. The van der Waals surface area contributed by atoms with Gasteiger partial charge in [-0.15, -0.1) is 11.8 Å². The number of halogens is 4. The molecule has 88 valence electrons. The summed E-state index contributed by atoms with van der Waals surface area (Å²) in [6.07, 6.45) is 2.30. The SMILES string of the molecule is O=S1(=O)C(F)=C(F)C2(F)C3C=CC(S3)C21F. The topological polar surface area (TPSA) is 34.1 Å².